The SMILES string of the molecule is CCC/C=C\C/C=C\CCCCCCCC(=O)OC(COC(=O)CCCCCCCCCCCCC)COC(=O)CCCCCCCCCCCCCCCCCCCCCCCCCCCCCCCCCCCCC. The van der Waals surface area contributed by atoms with Gasteiger partial charge in [-0.1, -0.05) is 353 Å². The molecule has 454 valence electrons. The van der Waals surface area contributed by atoms with E-state index in [-0.39, 0.29) is 31.1 Å². The number of ether oxygens (including phenoxy) is 3. The van der Waals surface area contributed by atoms with Crippen molar-refractivity contribution in [1.29, 1.82) is 0 Å². The Labute approximate surface area is 481 Å². The van der Waals surface area contributed by atoms with Gasteiger partial charge in [0.25, 0.3) is 0 Å². The summed E-state index contributed by atoms with van der Waals surface area (Å²) in [5, 5.41) is 0. The molecule has 0 fully saturated rings. The van der Waals surface area contributed by atoms with E-state index in [4.69, 9.17) is 14.2 Å². The molecular weight excluding hydrogens is 949 g/mol. The Bertz CT molecular complexity index is 1240. The minimum atomic E-state index is -0.774. The van der Waals surface area contributed by atoms with E-state index in [1.165, 1.54) is 263 Å². The number of rotatable bonds is 65. The van der Waals surface area contributed by atoms with E-state index >= 15 is 0 Å². The van der Waals surface area contributed by atoms with Crippen molar-refractivity contribution in [3.05, 3.63) is 24.3 Å². The lowest BCUT2D eigenvalue weighted by molar-refractivity contribution is -0.167. The molecule has 77 heavy (non-hydrogen) atoms. The number of carbonyl (C=O) groups is 3. The molecule has 0 bridgehead atoms. The minimum Gasteiger partial charge on any atom is -0.462 e. The van der Waals surface area contributed by atoms with Gasteiger partial charge in [0, 0.05) is 19.3 Å². The predicted molar refractivity (Wildman–Crippen MR) is 335 cm³/mol. The van der Waals surface area contributed by atoms with Gasteiger partial charge in [-0.3, -0.25) is 14.4 Å². The zero-order chi connectivity index (χ0) is 55.7. The topological polar surface area (TPSA) is 78.9 Å². The van der Waals surface area contributed by atoms with Gasteiger partial charge in [-0.2, -0.15) is 0 Å². The first-order chi connectivity index (χ1) is 38.0. The fourth-order valence-corrected chi connectivity index (χ4v) is 10.7. The predicted octanol–water partition coefficient (Wildman–Crippen LogP) is 23.8. The van der Waals surface area contributed by atoms with Gasteiger partial charge in [-0.25, -0.2) is 0 Å². The lowest BCUT2D eigenvalue weighted by atomic mass is 10.0. The monoisotopic (exact) mass is 1080 g/mol. The molecule has 0 spiro atoms. The molecule has 0 saturated heterocycles. The molecule has 0 heterocycles. The Morgan fingerprint density at radius 3 is 0.766 bits per heavy atom. The van der Waals surface area contributed by atoms with Crippen LogP contribution in [-0.4, -0.2) is 37.2 Å². The highest BCUT2D eigenvalue weighted by Gasteiger charge is 2.19. The minimum absolute atomic E-state index is 0.0715. The van der Waals surface area contributed by atoms with Crippen LogP contribution in [0.1, 0.15) is 393 Å². The van der Waals surface area contributed by atoms with Crippen molar-refractivity contribution >= 4 is 17.9 Å². The van der Waals surface area contributed by atoms with Crippen molar-refractivity contribution in [3.8, 4) is 0 Å². The Morgan fingerprint density at radius 2 is 0.494 bits per heavy atom. The van der Waals surface area contributed by atoms with Crippen molar-refractivity contribution in [2.45, 2.75) is 399 Å². The fraction of sp³-hybridized carbons (Fsp3) is 0.901. The maximum absolute atomic E-state index is 12.8. The second-order valence-corrected chi connectivity index (χ2v) is 23.8. The lowest BCUT2D eigenvalue weighted by Gasteiger charge is -2.18. The lowest BCUT2D eigenvalue weighted by Crippen LogP contribution is -2.30. The number of unbranched alkanes of at least 4 members (excludes halogenated alkanes) is 50. The smallest absolute Gasteiger partial charge is 0.306 e. The summed E-state index contributed by atoms with van der Waals surface area (Å²) < 4.78 is 16.9. The summed E-state index contributed by atoms with van der Waals surface area (Å²) in [6.45, 7) is 6.62. The van der Waals surface area contributed by atoms with Crippen molar-refractivity contribution in [2.24, 2.45) is 0 Å². The normalized spacial score (nSPS) is 12.1. The van der Waals surface area contributed by atoms with Crippen LogP contribution in [0.25, 0.3) is 0 Å². The standard InChI is InChI=1S/C71H134O6/c1-4-7-10-13-16-19-22-24-25-26-27-28-29-30-31-32-33-34-35-36-37-38-39-40-41-42-43-44-45-47-49-52-55-58-61-64-70(73)76-67-68(66-75-69(72)63-60-57-54-51-48-21-18-15-12-9-6-3)77-71(74)65-62-59-56-53-50-46-23-20-17-14-11-8-5-2/h11,14,20,23,68H,4-10,12-13,15-19,21-22,24-67H2,1-3H3/b14-11-,23-20-. The summed E-state index contributed by atoms with van der Waals surface area (Å²) in [6, 6.07) is 0. The molecule has 0 aromatic heterocycles. The summed E-state index contributed by atoms with van der Waals surface area (Å²) in [6.07, 6.45) is 81.0. The first-order valence-corrected chi connectivity index (χ1v) is 34.8. The molecule has 1 unspecified atom stereocenters. The molecule has 0 aliphatic rings. The molecule has 0 aromatic carbocycles. The van der Waals surface area contributed by atoms with Gasteiger partial charge < -0.3 is 14.2 Å². The fourth-order valence-electron chi connectivity index (χ4n) is 10.7. The van der Waals surface area contributed by atoms with Gasteiger partial charge in [-0.15, -0.1) is 0 Å². The van der Waals surface area contributed by atoms with Crippen LogP contribution >= 0.6 is 0 Å². The van der Waals surface area contributed by atoms with Crippen LogP contribution in [-0.2, 0) is 28.6 Å². The first kappa shape index (κ1) is 74.9. The third-order valence-corrected chi connectivity index (χ3v) is 15.9. The van der Waals surface area contributed by atoms with E-state index in [0.29, 0.717) is 19.3 Å². The zero-order valence-electron chi connectivity index (χ0n) is 52.3. The van der Waals surface area contributed by atoms with Gasteiger partial charge >= 0.3 is 17.9 Å². The summed E-state index contributed by atoms with van der Waals surface area (Å²) in [5.41, 5.74) is 0. The molecule has 0 rings (SSSR count). The second kappa shape index (κ2) is 66.4. The number of hydrogen-bond acceptors (Lipinski definition) is 6. The highest BCUT2D eigenvalue weighted by Crippen LogP contribution is 2.19. The van der Waals surface area contributed by atoms with Crippen LogP contribution < -0.4 is 0 Å². The van der Waals surface area contributed by atoms with E-state index in [2.05, 4.69) is 45.1 Å². The van der Waals surface area contributed by atoms with Gasteiger partial charge in [0.05, 0.1) is 0 Å². The third kappa shape index (κ3) is 64.6. The molecule has 0 aromatic rings. The van der Waals surface area contributed by atoms with Crippen LogP contribution in [0.3, 0.4) is 0 Å². The van der Waals surface area contributed by atoms with Gasteiger partial charge in [0.1, 0.15) is 13.2 Å². The van der Waals surface area contributed by atoms with Crippen LogP contribution in [0.4, 0.5) is 0 Å². The number of allylic oxidation sites excluding steroid dienone is 4. The Hall–Kier alpha value is -2.11. The van der Waals surface area contributed by atoms with Crippen molar-refractivity contribution < 1.29 is 28.6 Å². The Morgan fingerprint density at radius 1 is 0.260 bits per heavy atom. The van der Waals surface area contributed by atoms with E-state index in [1.54, 1.807) is 0 Å². The molecular formula is C71H134O6. The third-order valence-electron chi connectivity index (χ3n) is 15.9. The molecule has 6 heteroatoms. The average molecular weight is 1080 g/mol. The van der Waals surface area contributed by atoms with Crippen LogP contribution in [0.2, 0.25) is 0 Å². The Kier molecular flexibility index (Phi) is 64.6. The largest absolute Gasteiger partial charge is 0.462 e. The summed E-state index contributed by atoms with van der Waals surface area (Å²) in [7, 11) is 0. The maximum Gasteiger partial charge on any atom is 0.306 e. The molecule has 0 N–H and O–H groups in total. The summed E-state index contributed by atoms with van der Waals surface area (Å²) in [4.78, 5) is 38.2. The molecule has 1 atom stereocenters. The van der Waals surface area contributed by atoms with Crippen LogP contribution in [0.5, 0.6) is 0 Å². The van der Waals surface area contributed by atoms with Crippen molar-refractivity contribution in [2.75, 3.05) is 13.2 Å². The second-order valence-electron chi connectivity index (χ2n) is 23.8. The van der Waals surface area contributed by atoms with Crippen LogP contribution in [0.15, 0.2) is 24.3 Å². The highest BCUT2D eigenvalue weighted by atomic mass is 16.6. The zero-order valence-corrected chi connectivity index (χ0v) is 52.3. The van der Waals surface area contributed by atoms with Gasteiger partial charge in [-0.05, 0) is 44.9 Å². The van der Waals surface area contributed by atoms with Crippen LogP contribution in [0, 0.1) is 0 Å². The maximum atomic E-state index is 12.8. The quantitative estimate of drug-likeness (QED) is 0.0261. The summed E-state index contributed by atoms with van der Waals surface area (Å²) in [5.74, 6) is -0.863. The first-order valence-electron chi connectivity index (χ1n) is 34.8. The van der Waals surface area contributed by atoms with E-state index in [0.717, 1.165) is 89.9 Å². The Balaban J connectivity index is 3.95. The average Bonchev–Trinajstić information content (AvgIpc) is 3.43. The number of esters is 3. The van der Waals surface area contributed by atoms with Gasteiger partial charge in [0.15, 0.2) is 6.10 Å². The van der Waals surface area contributed by atoms with Crippen molar-refractivity contribution in [1.82, 2.24) is 0 Å². The number of carbonyl (C=O) groups excluding carboxylic acids is 3. The van der Waals surface area contributed by atoms with E-state index < -0.39 is 6.10 Å². The number of hydrogen-bond donors (Lipinski definition) is 0. The van der Waals surface area contributed by atoms with E-state index in [9.17, 15) is 14.4 Å². The molecule has 0 aliphatic carbocycles. The molecule has 0 aliphatic heterocycles. The molecule has 0 radical (unpaired) electrons. The molecule has 0 saturated carbocycles. The molecule has 0 amide bonds. The molecule has 6 nitrogen and oxygen atoms in total. The van der Waals surface area contributed by atoms with Crippen molar-refractivity contribution in [3.63, 3.8) is 0 Å². The van der Waals surface area contributed by atoms with E-state index in [1.807, 2.05) is 0 Å². The van der Waals surface area contributed by atoms with Gasteiger partial charge in [0.2, 0.25) is 0 Å². The summed E-state index contributed by atoms with van der Waals surface area (Å²) >= 11 is 0. The highest BCUT2D eigenvalue weighted by molar-refractivity contribution is 5.71.